The Balaban J connectivity index is 2.10. The van der Waals surface area contributed by atoms with E-state index in [9.17, 15) is 8.42 Å². The van der Waals surface area contributed by atoms with Crippen LogP contribution in [0.1, 0.15) is 13.8 Å². The third kappa shape index (κ3) is 6.40. The van der Waals surface area contributed by atoms with Gasteiger partial charge in [0.05, 0.1) is 16.5 Å². The molecule has 0 aliphatic rings. The predicted molar refractivity (Wildman–Crippen MR) is 108 cm³/mol. The SMILES string of the molecule is CONCC(C)C(C)Nc1nc(Nc2ccc(S(N)(=O)=O)cc2)ncc1Br. The Morgan fingerprint density at radius 1 is 1.26 bits per heavy atom. The van der Waals surface area contributed by atoms with Crippen molar-refractivity contribution in [3.63, 3.8) is 0 Å². The summed E-state index contributed by atoms with van der Waals surface area (Å²) < 4.78 is 23.4. The Kier molecular flexibility index (Phi) is 7.50. The fourth-order valence-electron chi connectivity index (χ4n) is 2.14. The molecule has 27 heavy (non-hydrogen) atoms. The van der Waals surface area contributed by atoms with Crippen LogP contribution in [-0.2, 0) is 14.9 Å². The molecule has 2 aromatic rings. The molecule has 1 aromatic heterocycles. The molecule has 1 aromatic carbocycles. The van der Waals surface area contributed by atoms with Crippen molar-refractivity contribution < 1.29 is 13.3 Å². The van der Waals surface area contributed by atoms with Gasteiger partial charge in [-0.25, -0.2) is 24.0 Å². The van der Waals surface area contributed by atoms with Crippen LogP contribution in [0, 0.1) is 5.92 Å². The van der Waals surface area contributed by atoms with E-state index in [1.54, 1.807) is 25.4 Å². The second-order valence-electron chi connectivity index (χ2n) is 6.05. The molecule has 0 aliphatic heterocycles. The van der Waals surface area contributed by atoms with E-state index in [4.69, 9.17) is 9.98 Å². The molecule has 0 spiro atoms. The first-order valence-corrected chi connectivity index (χ1v) is 10.5. The van der Waals surface area contributed by atoms with Crippen molar-refractivity contribution in [2.24, 2.45) is 11.1 Å². The van der Waals surface area contributed by atoms with Crippen LogP contribution in [0.5, 0.6) is 0 Å². The molecule has 9 nitrogen and oxygen atoms in total. The number of hydrogen-bond donors (Lipinski definition) is 4. The van der Waals surface area contributed by atoms with Crippen LogP contribution in [0.15, 0.2) is 39.8 Å². The van der Waals surface area contributed by atoms with Crippen LogP contribution in [0.4, 0.5) is 17.5 Å². The average Bonchev–Trinajstić information content (AvgIpc) is 2.62. The van der Waals surface area contributed by atoms with Gasteiger partial charge in [-0.2, -0.15) is 4.98 Å². The maximum atomic E-state index is 11.3. The minimum Gasteiger partial charge on any atom is -0.366 e. The second kappa shape index (κ2) is 9.42. The Hall–Kier alpha value is -1.79. The van der Waals surface area contributed by atoms with Crippen molar-refractivity contribution in [3.8, 4) is 0 Å². The number of nitrogens with one attached hydrogen (secondary N) is 3. The highest BCUT2D eigenvalue weighted by Gasteiger charge is 2.15. The molecule has 0 fully saturated rings. The molecule has 0 radical (unpaired) electrons. The van der Waals surface area contributed by atoms with E-state index in [-0.39, 0.29) is 16.9 Å². The fraction of sp³-hybridized carbons (Fsp3) is 0.375. The van der Waals surface area contributed by atoms with Crippen LogP contribution in [0.25, 0.3) is 0 Å². The van der Waals surface area contributed by atoms with E-state index in [0.29, 0.717) is 24.0 Å². The average molecular weight is 459 g/mol. The number of halogens is 1. The van der Waals surface area contributed by atoms with E-state index in [0.717, 1.165) is 4.47 Å². The smallest absolute Gasteiger partial charge is 0.238 e. The lowest BCUT2D eigenvalue weighted by molar-refractivity contribution is 0.0800. The Morgan fingerprint density at radius 2 is 1.93 bits per heavy atom. The zero-order chi connectivity index (χ0) is 20.0. The molecule has 0 bridgehead atoms. The molecule has 0 saturated heterocycles. The first-order valence-electron chi connectivity index (χ1n) is 8.15. The number of sulfonamides is 1. The van der Waals surface area contributed by atoms with Crippen molar-refractivity contribution in [1.82, 2.24) is 15.4 Å². The highest BCUT2D eigenvalue weighted by molar-refractivity contribution is 9.10. The lowest BCUT2D eigenvalue weighted by Crippen LogP contribution is -2.32. The quantitative estimate of drug-likeness (QED) is 0.420. The highest BCUT2D eigenvalue weighted by atomic mass is 79.9. The van der Waals surface area contributed by atoms with Crippen LogP contribution >= 0.6 is 15.9 Å². The van der Waals surface area contributed by atoms with Crippen molar-refractivity contribution in [2.75, 3.05) is 24.3 Å². The number of rotatable bonds is 9. The van der Waals surface area contributed by atoms with Crippen LogP contribution in [-0.4, -0.2) is 38.1 Å². The summed E-state index contributed by atoms with van der Waals surface area (Å²) in [6.07, 6.45) is 1.64. The summed E-state index contributed by atoms with van der Waals surface area (Å²) in [5.74, 6) is 1.30. The molecule has 0 aliphatic carbocycles. The molecular formula is C16H23BrN6O3S. The molecule has 11 heteroatoms. The molecule has 5 N–H and O–H groups in total. The number of benzene rings is 1. The van der Waals surface area contributed by atoms with Gasteiger partial charge in [0, 0.05) is 24.5 Å². The van der Waals surface area contributed by atoms with Gasteiger partial charge in [0.25, 0.3) is 0 Å². The molecule has 0 saturated carbocycles. The summed E-state index contributed by atoms with van der Waals surface area (Å²) >= 11 is 3.44. The monoisotopic (exact) mass is 458 g/mol. The van der Waals surface area contributed by atoms with Crippen molar-refractivity contribution >= 4 is 43.4 Å². The van der Waals surface area contributed by atoms with Gasteiger partial charge < -0.3 is 15.5 Å². The summed E-state index contributed by atoms with van der Waals surface area (Å²) in [6.45, 7) is 4.83. The van der Waals surface area contributed by atoms with Crippen LogP contribution in [0.3, 0.4) is 0 Å². The summed E-state index contributed by atoms with van der Waals surface area (Å²) in [6, 6.07) is 6.16. The third-order valence-corrected chi connectivity index (χ3v) is 5.46. The Bertz CT molecular complexity index is 863. The number of primary sulfonamides is 1. The largest absolute Gasteiger partial charge is 0.366 e. The van der Waals surface area contributed by atoms with Gasteiger partial charge in [-0.05, 0) is 53.0 Å². The summed E-state index contributed by atoms with van der Waals surface area (Å²) in [4.78, 5) is 13.6. The standard InChI is InChI=1S/C16H23BrN6O3S/c1-10(8-20-26-3)11(2)21-15-14(17)9-19-16(23-15)22-12-4-6-13(7-5-12)27(18,24)25/h4-7,9-11,20H,8H2,1-3H3,(H2,18,24,25)(H2,19,21,22,23). The van der Waals surface area contributed by atoms with Gasteiger partial charge >= 0.3 is 0 Å². The van der Waals surface area contributed by atoms with Gasteiger partial charge in [0.2, 0.25) is 16.0 Å². The number of hydroxylamine groups is 1. The van der Waals surface area contributed by atoms with Gasteiger partial charge in [-0.1, -0.05) is 6.92 Å². The predicted octanol–water partition coefficient (Wildman–Crippen LogP) is 2.22. The minimum atomic E-state index is -3.72. The Morgan fingerprint density at radius 3 is 2.52 bits per heavy atom. The summed E-state index contributed by atoms with van der Waals surface area (Å²) in [7, 11) is -2.14. The second-order valence-corrected chi connectivity index (χ2v) is 8.46. The first kappa shape index (κ1) is 21.5. The lowest BCUT2D eigenvalue weighted by atomic mass is 10.0. The van der Waals surface area contributed by atoms with E-state index in [1.165, 1.54) is 12.1 Å². The number of nitrogens with zero attached hydrogens (tertiary/aromatic N) is 2. The zero-order valence-electron chi connectivity index (χ0n) is 15.2. The van der Waals surface area contributed by atoms with Crippen molar-refractivity contribution in [1.29, 1.82) is 0 Å². The zero-order valence-corrected chi connectivity index (χ0v) is 17.6. The molecule has 2 rings (SSSR count). The maximum absolute atomic E-state index is 11.3. The van der Waals surface area contributed by atoms with Crippen LogP contribution < -0.4 is 21.3 Å². The topological polar surface area (TPSA) is 131 Å². The maximum Gasteiger partial charge on any atom is 0.238 e. The van der Waals surface area contributed by atoms with Crippen molar-refractivity contribution in [2.45, 2.75) is 24.8 Å². The highest BCUT2D eigenvalue weighted by Crippen LogP contribution is 2.24. The minimum absolute atomic E-state index is 0.0413. The normalized spacial score (nSPS) is 13.8. The van der Waals surface area contributed by atoms with Gasteiger partial charge in [0.15, 0.2) is 0 Å². The number of aromatic nitrogens is 2. The fourth-order valence-corrected chi connectivity index (χ4v) is 2.96. The molecule has 2 atom stereocenters. The summed E-state index contributed by atoms with van der Waals surface area (Å²) in [5, 5.41) is 11.5. The lowest BCUT2D eigenvalue weighted by Gasteiger charge is -2.22. The van der Waals surface area contributed by atoms with Gasteiger partial charge in [-0.15, -0.1) is 0 Å². The van der Waals surface area contributed by atoms with E-state index in [1.807, 2.05) is 0 Å². The molecule has 0 amide bonds. The van der Waals surface area contributed by atoms with E-state index in [2.05, 4.69) is 55.9 Å². The molecule has 2 unspecified atom stereocenters. The summed E-state index contributed by atoms with van der Waals surface area (Å²) in [5.41, 5.74) is 3.48. The molecule has 1 heterocycles. The Labute approximate surface area is 167 Å². The van der Waals surface area contributed by atoms with Crippen LogP contribution in [0.2, 0.25) is 0 Å². The number of hydrogen-bond acceptors (Lipinski definition) is 8. The van der Waals surface area contributed by atoms with Gasteiger partial charge in [0.1, 0.15) is 5.82 Å². The van der Waals surface area contributed by atoms with Gasteiger partial charge in [-0.3, -0.25) is 0 Å². The first-order chi connectivity index (χ1) is 12.7. The van der Waals surface area contributed by atoms with E-state index < -0.39 is 10.0 Å². The third-order valence-electron chi connectivity index (χ3n) is 3.95. The molecular weight excluding hydrogens is 436 g/mol. The number of nitrogens with two attached hydrogens (primary N) is 1. The molecule has 148 valence electrons. The van der Waals surface area contributed by atoms with E-state index >= 15 is 0 Å². The number of anilines is 3. The van der Waals surface area contributed by atoms with Crippen molar-refractivity contribution in [3.05, 3.63) is 34.9 Å².